The lowest BCUT2D eigenvalue weighted by molar-refractivity contribution is -0.118. The van der Waals surface area contributed by atoms with E-state index in [9.17, 15) is 9.90 Å². The number of anilines is 1. The van der Waals surface area contributed by atoms with Gasteiger partial charge in [-0.25, -0.2) is 0 Å². The van der Waals surface area contributed by atoms with E-state index >= 15 is 0 Å². The van der Waals surface area contributed by atoms with Crippen LogP contribution in [0.4, 0.5) is 5.69 Å². The number of amides is 1. The van der Waals surface area contributed by atoms with E-state index in [1.165, 1.54) is 0 Å². The molecule has 0 saturated carbocycles. The van der Waals surface area contributed by atoms with Gasteiger partial charge in [0.15, 0.2) is 6.61 Å². The lowest BCUT2D eigenvalue weighted by atomic mass is 10.1. The fraction of sp³-hybridized carbons (Fsp3) is 0.500. The van der Waals surface area contributed by atoms with Gasteiger partial charge in [-0.05, 0) is 17.7 Å². The minimum atomic E-state index is -0.558. The maximum atomic E-state index is 11.3. The number of aliphatic hydroxyl groups excluding tert-OH is 1. The van der Waals surface area contributed by atoms with Crippen LogP contribution in [0.1, 0.15) is 11.7 Å². The second-order valence-electron chi connectivity index (χ2n) is 5.16. The third-order valence-electron chi connectivity index (χ3n) is 3.66. The number of hydrogen-bond donors (Lipinski definition) is 3. The van der Waals surface area contributed by atoms with E-state index in [0.717, 1.165) is 31.7 Å². The first-order valence-electron chi connectivity index (χ1n) is 6.90. The zero-order valence-electron chi connectivity index (χ0n) is 11.3. The molecule has 1 aromatic carbocycles. The standard InChI is InChI=1S/C14H19N3O3/c18-12(8-17-5-3-15-4-6-17)10-1-2-13-11(7-10)16-14(19)9-20-13/h1-2,7,12,15,18H,3-6,8-9H2,(H,16,19). The molecule has 1 unspecified atom stereocenters. The minimum absolute atomic E-state index is 0.0513. The van der Waals surface area contributed by atoms with Crippen LogP contribution in [0.25, 0.3) is 0 Å². The number of β-amino-alcohol motifs (C(OH)–C–C–N with tert-alkyl or cyclic N) is 1. The lowest BCUT2D eigenvalue weighted by Crippen LogP contribution is -2.44. The van der Waals surface area contributed by atoms with Crippen molar-refractivity contribution in [1.29, 1.82) is 0 Å². The second-order valence-corrected chi connectivity index (χ2v) is 5.16. The first-order chi connectivity index (χ1) is 9.72. The van der Waals surface area contributed by atoms with Gasteiger partial charge in [-0.15, -0.1) is 0 Å². The summed E-state index contributed by atoms with van der Waals surface area (Å²) in [5, 5.41) is 16.4. The Morgan fingerprint density at radius 3 is 2.95 bits per heavy atom. The SMILES string of the molecule is O=C1COc2ccc(C(O)CN3CCNCC3)cc2N1. The molecule has 6 heteroatoms. The number of piperazine rings is 1. The molecule has 0 bridgehead atoms. The Morgan fingerprint density at radius 1 is 1.35 bits per heavy atom. The van der Waals surface area contributed by atoms with Crippen molar-refractivity contribution < 1.29 is 14.6 Å². The molecule has 6 nitrogen and oxygen atoms in total. The summed E-state index contributed by atoms with van der Waals surface area (Å²) in [5.41, 5.74) is 1.44. The lowest BCUT2D eigenvalue weighted by Gasteiger charge is -2.29. The average Bonchev–Trinajstić information content (AvgIpc) is 2.47. The summed E-state index contributed by atoms with van der Waals surface area (Å²) < 4.78 is 5.31. The zero-order chi connectivity index (χ0) is 13.9. The summed E-state index contributed by atoms with van der Waals surface area (Å²) in [6, 6.07) is 5.44. The molecule has 2 heterocycles. The number of rotatable bonds is 3. The Balaban J connectivity index is 1.69. The number of ether oxygens (including phenoxy) is 1. The number of hydrogen-bond acceptors (Lipinski definition) is 5. The van der Waals surface area contributed by atoms with Gasteiger partial charge in [-0.3, -0.25) is 9.69 Å². The van der Waals surface area contributed by atoms with Gasteiger partial charge in [0.2, 0.25) is 0 Å². The maximum absolute atomic E-state index is 11.3. The molecular formula is C14H19N3O3. The van der Waals surface area contributed by atoms with Gasteiger partial charge in [-0.1, -0.05) is 6.07 Å². The molecule has 1 amide bonds. The molecule has 0 aliphatic carbocycles. The number of aliphatic hydroxyl groups is 1. The Bertz CT molecular complexity index is 500. The number of carbonyl (C=O) groups excluding carboxylic acids is 1. The van der Waals surface area contributed by atoms with Crippen molar-refractivity contribution >= 4 is 11.6 Å². The summed E-state index contributed by atoms with van der Waals surface area (Å²) in [7, 11) is 0. The Labute approximate surface area is 117 Å². The van der Waals surface area contributed by atoms with Gasteiger partial charge >= 0.3 is 0 Å². The highest BCUT2D eigenvalue weighted by molar-refractivity contribution is 5.95. The van der Waals surface area contributed by atoms with Gasteiger partial charge in [0.1, 0.15) is 5.75 Å². The third kappa shape index (κ3) is 2.92. The van der Waals surface area contributed by atoms with Crippen molar-refractivity contribution in [3.63, 3.8) is 0 Å². The van der Waals surface area contributed by atoms with E-state index in [-0.39, 0.29) is 12.5 Å². The highest BCUT2D eigenvalue weighted by Crippen LogP contribution is 2.30. The van der Waals surface area contributed by atoms with Crippen molar-refractivity contribution in [3.05, 3.63) is 23.8 Å². The van der Waals surface area contributed by atoms with Crippen LogP contribution in [-0.4, -0.2) is 55.2 Å². The summed E-state index contributed by atoms with van der Waals surface area (Å²) >= 11 is 0. The van der Waals surface area contributed by atoms with Crippen molar-refractivity contribution in [2.45, 2.75) is 6.10 Å². The molecule has 108 valence electrons. The highest BCUT2D eigenvalue weighted by atomic mass is 16.5. The van der Waals surface area contributed by atoms with Gasteiger partial charge in [0, 0.05) is 32.7 Å². The van der Waals surface area contributed by atoms with E-state index < -0.39 is 6.10 Å². The van der Waals surface area contributed by atoms with E-state index in [0.29, 0.717) is 18.0 Å². The topological polar surface area (TPSA) is 73.8 Å². The third-order valence-corrected chi connectivity index (χ3v) is 3.66. The predicted octanol–water partition coefficient (Wildman–Crippen LogP) is -0.0439. The highest BCUT2D eigenvalue weighted by Gasteiger charge is 2.20. The Hall–Kier alpha value is -1.63. The maximum Gasteiger partial charge on any atom is 0.262 e. The van der Waals surface area contributed by atoms with Crippen molar-refractivity contribution in [2.75, 3.05) is 44.6 Å². The normalized spacial score (nSPS) is 20.8. The predicted molar refractivity (Wildman–Crippen MR) is 74.8 cm³/mol. The Morgan fingerprint density at radius 2 is 2.15 bits per heavy atom. The summed E-state index contributed by atoms with van der Waals surface area (Å²) in [4.78, 5) is 13.5. The second kappa shape index (κ2) is 5.78. The van der Waals surface area contributed by atoms with Crippen LogP contribution in [0.2, 0.25) is 0 Å². The molecule has 20 heavy (non-hydrogen) atoms. The Kier molecular flexibility index (Phi) is 3.86. The molecule has 3 N–H and O–H groups in total. The number of benzene rings is 1. The molecule has 0 radical (unpaired) electrons. The van der Waals surface area contributed by atoms with Crippen LogP contribution >= 0.6 is 0 Å². The summed E-state index contributed by atoms with van der Waals surface area (Å²) in [6.45, 7) is 4.47. The number of fused-ring (bicyclic) bond motifs is 1. The fourth-order valence-electron chi connectivity index (χ4n) is 2.55. The first kappa shape index (κ1) is 13.4. The van der Waals surface area contributed by atoms with Gasteiger partial charge in [0.05, 0.1) is 11.8 Å². The number of nitrogens with zero attached hydrogens (tertiary/aromatic N) is 1. The number of nitrogens with one attached hydrogen (secondary N) is 2. The van der Waals surface area contributed by atoms with E-state index in [1.54, 1.807) is 12.1 Å². The molecule has 3 rings (SSSR count). The molecule has 0 aromatic heterocycles. The molecule has 2 aliphatic rings. The molecular weight excluding hydrogens is 258 g/mol. The monoisotopic (exact) mass is 277 g/mol. The zero-order valence-corrected chi connectivity index (χ0v) is 11.3. The van der Waals surface area contributed by atoms with Crippen LogP contribution in [0.5, 0.6) is 5.75 Å². The molecule has 2 aliphatic heterocycles. The minimum Gasteiger partial charge on any atom is -0.482 e. The van der Waals surface area contributed by atoms with E-state index in [2.05, 4.69) is 15.5 Å². The number of carbonyl (C=O) groups is 1. The first-order valence-corrected chi connectivity index (χ1v) is 6.90. The van der Waals surface area contributed by atoms with Crippen molar-refractivity contribution in [2.24, 2.45) is 0 Å². The largest absolute Gasteiger partial charge is 0.482 e. The van der Waals surface area contributed by atoms with Crippen molar-refractivity contribution in [1.82, 2.24) is 10.2 Å². The van der Waals surface area contributed by atoms with Crippen LogP contribution in [-0.2, 0) is 4.79 Å². The smallest absolute Gasteiger partial charge is 0.262 e. The molecule has 0 spiro atoms. The van der Waals surface area contributed by atoms with Crippen molar-refractivity contribution in [3.8, 4) is 5.75 Å². The van der Waals surface area contributed by atoms with Crippen LogP contribution in [0, 0.1) is 0 Å². The molecule has 1 aromatic rings. The van der Waals surface area contributed by atoms with Crippen LogP contribution < -0.4 is 15.4 Å². The quantitative estimate of drug-likeness (QED) is 0.723. The van der Waals surface area contributed by atoms with E-state index in [4.69, 9.17) is 4.74 Å². The summed E-state index contributed by atoms with van der Waals surface area (Å²) in [5.74, 6) is 0.494. The molecule has 1 atom stereocenters. The molecule has 1 saturated heterocycles. The van der Waals surface area contributed by atoms with E-state index in [1.807, 2.05) is 6.07 Å². The van der Waals surface area contributed by atoms with Gasteiger partial charge in [-0.2, -0.15) is 0 Å². The van der Waals surface area contributed by atoms with Gasteiger partial charge in [0.25, 0.3) is 5.91 Å². The summed E-state index contributed by atoms with van der Waals surface area (Å²) in [6.07, 6.45) is -0.558. The van der Waals surface area contributed by atoms with Crippen LogP contribution in [0.3, 0.4) is 0 Å². The molecule has 1 fully saturated rings. The van der Waals surface area contributed by atoms with Crippen LogP contribution in [0.15, 0.2) is 18.2 Å². The average molecular weight is 277 g/mol. The van der Waals surface area contributed by atoms with Gasteiger partial charge < -0.3 is 20.5 Å². The fourth-order valence-corrected chi connectivity index (χ4v) is 2.55.